The van der Waals surface area contributed by atoms with Crippen LogP contribution in [0.5, 0.6) is 0 Å². The Kier molecular flexibility index (Phi) is 13.1. The fourth-order valence-corrected chi connectivity index (χ4v) is 4.01. The third kappa shape index (κ3) is 11.7. The second kappa shape index (κ2) is 14.7. The second-order valence-electron chi connectivity index (χ2n) is 9.11. The van der Waals surface area contributed by atoms with Crippen molar-refractivity contribution in [2.24, 2.45) is 5.41 Å². The second-order valence-corrected chi connectivity index (χ2v) is 10.3. The Balaban J connectivity index is 2.47. The van der Waals surface area contributed by atoms with E-state index in [1.54, 1.807) is 20.8 Å². The molecule has 0 aromatic carbocycles. The molecule has 2 amide bonds. The van der Waals surface area contributed by atoms with Crippen LogP contribution < -0.4 is 10.6 Å². The van der Waals surface area contributed by atoms with Crippen molar-refractivity contribution < 1.29 is 48.7 Å². The summed E-state index contributed by atoms with van der Waals surface area (Å²) in [6, 6.07) is 0. The van der Waals surface area contributed by atoms with Crippen LogP contribution in [-0.4, -0.2) is 95.1 Å². The lowest BCUT2D eigenvalue weighted by Gasteiger charge is -2.47. The van der Waals surface area contributed by atoms with Crippen LogP contribution in [0.3, 0.4) is 0 Å². The summed E-state index contributed by atoms with van der Waals surface area (Å²) in [5, 5.41) is 33.3. The fourth-order valence-electron chi connectivity index (χ4n) is 3.33. The highest BCUT2D eigenvalue weighted by Crippen LogP contribution is 2.38. The number of hydrogen-bond donors (Lipinski definition) is 5. The minimum atomic E-state index is -1.65. The summed E-state index contributed by atoms with van der Waals surface area (Å²) in [6.45, 7) is 5.51. The number of rotatable bonds is 15. The van der Waals surface area contributed by atoms with Gasteiger partial charge in [-0.15, -0.1) is 0 Å². The zero-order valence-electron chi connectivity index (χ0n) is 20.7. The van der Waals surface area contributed by atoms with Gasteiger partial charge in [0, 0.05) is 44.2 Å². The Labute approximate surface area is 209 Å². The number of nitrogens with one attached hydrogen (secondary N) is 2. The maximum Gasteiger partial charge on any atom is 0.303 e. The van der Waals surface area contributed by atoms with Gasteiger partial charge < -0.3 is 40.2 Å². The zero-order valence-corrected chi connectivity index (χ0v) is 21.5. The van der Waals surface area contributed by atoms with Crippen LogP contribution in [-0.2, 0) is 33.4 Å². The maximum atomic E-state index is 12.8. The number of amides is 2. The smallest absolute Gasteiger partial charge is 0.303 e. The molecule has 13 heteroatoms. The Bertz CT molecular complexity index is 733. The van der Waals surface area contributed by atoms with E-state index in [-0.39, 0.29) is 62.8 Å². The van der Waals surface area contributed by atoms with Crippen molar-refractivity contribution in [1.82, 2.24) is 10.6 Å². The predicted octanol–water partition coefficient (Wildman–Crippen LogP) is -0.00280. The normalized spacial score (nSPS) is 23.2. The monoisotopic (exact) mass is 522 g/mol. The molecule has 0 saturated carbocycles. The Morgan fingerprint density at radius 2 is 1.80 bits per heavy atom. The molecule has 3 unspecified atom stereocenters. The Morgan fingerprint density at radius 1 is 1.11 bits per heavy atom. The molecule has 1 saturated heterocycles. The van der Waals surface area contributed by atoms with E-state index in [0.717, 1.165) is 11.8 Å². The molecule has 0 aromatic heterocycles. The van der Waals surface area contributed by atoms with Gasteiger partial charge in [0.15, 0.2) is 5.12 Å². The van der Waals surface area contributed by atoms with E-state index >= 15 is 0 Å². The number of thioether (sulfide) groups is 1. The average molecular weight is 523 g/mol. The van der Waals surface area contributed by atoms with Crippen molar-refractivity contribution in [1.29, 1.82) is 0 Å². The first-order valence-corrected chi connectivity index (χ1v) is 12.4. The topological polar surface area (TPSA) is 181 Å². The number of carbonyl (C=O) groups is 4. The molecule has 0 spiro atoms. The minimum absolute atomic E-state index is 0.00946. The Hall–Kier alpha value is -1.77. The number of methoxy groups -OCH3 is 1. The van der Waals surface area contributed by atoms with E-state index < -0.39 is 41.6 Å². The van der Waals surface area contributed by atoms with Gasteiger partial charge >= 0.3 is 5.97 Å². The first-order chi connectivity index (χ1) is 16.3. The van der Waals surface area contributed by atoms with Gasteiger partial charge in [-0.2, -0.15) is 0 Å². The minimum Gasteiger partial charge on any atom is -0.481 e. The van der Waals surface area contributed by atoms with Gasteiger partial charge in [-0.25, -0.2) is 0 Å². The highest BCUT2D eigenvalue weighted by molar-refractivity contribution is 8.13. The van der Waals surface area contributed by atoms with Gasteiger partial charge in [-0.3, -0.25) is 19.2 Å². The standard InChI is InChI=1S/C22H38N2O10S/c1-14(25)11-15(26)12-22(32-4)33-13-21(2,3)19(34-22)20(31)24-8-7-16(27)23-9-10-35-18(30)6-5-17(28)29/h14-15,19,25-26H,5-13H2,1-4H3,(H,23,27)(H,24,31)(H,28,29)/t14?,15?,19-,22?/m0/s1. The molecule has 1 heterocycles. The van der Waals surface area contributed by atoms with E-state index in [2.05, 4.69) is 10.6 Å². The van der Waals surface area contributed by atoms with E-state index in [1.807, 2.05) is 0 Å². The molecule has 202 valence electrons. The number of aliphatic carboxylic acids is 1. The lowest BCUT2D eigenvalue weighted by molar-refractivity contribution is -0.429. The molecule has 0 aromatic rings. The molecule has 0 bridgehead atoms. The van der Waals surface area contributed by atoms with Gasteiger partial charge in [-0.1, -0.05) is 25.6 Å². The number of ether oxygens (including phenoxy) is 3. The molecule has 0 radical (unpaired) electrons. The van der Waals surface area contributed by atoms with Gasteiger partial charge in [0.05, 0.1) is 31.7 Å². The first kappa shape index (κ1) is 31.3. The van der Waals surface area contributed by atoms with E-state index in [9.17, 15) is 29.4 Å². The number of carboxylic acids is 1. The number of hydrogen-bond acceptors (Lipinski definition) is 10. The largest absolute Gasteiger partial charge is 0.481 e. The van der Waals surface area contributed by atoms with E-state index in [4.69, 9.17) is 19.3 Å². The molecule has 1 aliphatic rings. The SMILES string of the molecule is COC1(CC(O)CC(C)O)OCC(C)(C)[C@H](C(=O)NCCC(=O)NCCSC(=O)CCC(=O)O)O1. The quantitative estimate of drug-likeness (QED) is 0.183. The predicted molar refractivity (Wildman–Crippen MR) is 126 cm³/mol. The van der Waals surface area contributed by atoms with Crippen molar-refractivity contribution >= 4 is 34.7 Å². The molecular formula is C22H38N2O10S. The van der Waals surface area contributed by atoms with E-state index in [1.165, 1.54) is 7.11 Å². The summed E-state index contributed by atoms with van der Waals surface area (Å²) in [5.74, 6) is -3.14. The molecule has 1 rings (SSSR count). The third-order valence-corrected chi connectivity index (χ3v) is 6.14. The molecule has 35 heavy (non-hydrogen) atoms. The van der Waals surface area contributed by atoms with Crippen LogP contribution in [0, 0.1) is 5.41 Å². The van der Waals surface area contributed by atoms with Gasteiger partial charge in [-0.05, 0) is 13.3 Å². The van der Waals surface area contributed by atoms with Crippen molar-refractivity contribution in [2.45, 2.75) is 77.2 Å². The molecule has 0 aliphatic carbocycles. The Morgan fingerprint density at radius 3 is 2.40 bits per heavy atom. The van der Waals surface area contributed by atoms with Crippen LogP contribution in [0.25, 0.3) is 0 Å². The number of aliphatic hydroxyl groups is 2. The van der Waals surface area contributed by atoms with Crippen molar-refractivity contribution in [3.05, 3.63) is 0 Å². The molecule has 1 fully saturated rings. The molecular weight excluding hydrogens is 484 g/mol. The van der Waals surface area contributed by atoms with Crippen molar-refractivity contribution in [3.8, 4) is 0 Å². The van der Waals surface area contributed by atoms with Gasteiger partial charge in [0.25, 0.3) is 5.97 Å². The molecule has 5 N–H and O–H groups in total. The summed E-state index contributed by atoms with van der Waals surface area (Å²) in [5.41, 5.74) is -0.714. The highest BCUT2D eigenvalue weighted by Gasteiger charge is 2.51. The number of carboxylic acid groups (broad SMARTS) is 1. The number of carbonyl (C=O) groups excluding carboxylic acids is 3. The first-order valence-electron chi connectivity index (χ1n) is 11.4. The maximum absolute atomic E-state index is 12.8. The van der Waals surface area contributed by atoms with Crippen molar-refractivity contribution in [2.75, 3.05) is 32.6 Å². The van der Waals surface area contributed by atoms with Crippen LogP contribution in [0.15, 0.2) is 0 Å². The summed E-state index contributed by atoms with van der Waals surface area (Å²) in [6.07, 6.45) is -2.99. The highest BCUT2D eigenvalue weighted by atomic mass is 32.2. The lowest BCUT2D eigenvalue weighted by Crippen LogP contribution is -2.60. The summed E-state index contributed by atoms with van der Waals surface area (Å²) in [4.78, 5) is 46.8. The zero-order chi connectivity index (χ0) is 26.6. The molecule has 12 nitrogen and oxygen atoms in total. The van der Waals surface area contributed by atoms with E-state index in [0.29, 0.717) is 5.75 Å². The van der Waals surface area contributed by atoms with Crippen LogP contribution in [0.1, 0.15) is 52.9 Å². The van der Waals surface area contributed by atoms with Gasteiger partial charge in [0.1, 0.15) is 6.10 Å². The fraction of sp³-hybridized carbons (Fsp3) is 0.818. The van der Waals surface area contributed by atoms with Gasteiger partial charge in [0.2, 0.25) is 11.8 Å². The molecule has 1 aliphatic heterocycles. The van der Waals surface area contributed by atoms with Crippen molar-refractivity contribution in [3.63, 3.8) is 0 Å². The summed E-state index contributed by atoms with van der Waals surface area (Å²) < 4.78 is 17.0. The molecule has 4 atom stereocenters. The van der Waals surface area contributed by atoms with Crippen LogP contribution in [0.2, 0.25) is 0 Å². The van der Waals surface area contributed by atoms with Crippen LogP contribution >= 0.6 is 11.8 Å². The summed E-state index contributed by atoms with van der Waals surface area (Å²) in [7, 11) is 1.34. The lowest BCUT2D eigenvalue weighted by atomic mass is 9.85. The third-order valence-electron chi connectivity index (χ3n) is 5.20. The van der Waals surface area contributed by atoms with Crippen LogP contribution in [0.4, 0.5) is 0 Å². The number of aliphatic hydroxyl groups excluding tert-OH is 2. The summed E-state index contributed by atoms with van der Waals surface area (Å²) >= 11 is 0.958. The average Bonchev–Trinajstić information content (AvgIpc) is 2.76.